The van der Waals surface area contributed by atoms with Gasteiger partial charge < -0.3 is 4.57 Å². The van der Waals surface area contributed by atoms with Crippen molar-refractivity contribution in [2.75, 3.05) is 0 Å². The fraction of sp³-hybridized carbons (Fsp3) is 0.0625. The van der Waals surface area contributed by atoms with E-state index in [2.05, 4.69) is 10.3 Å². The first-order chi connectivity index (χ1) is 11.4. The normalized spacial score (nSPS) is 12.5. The maximum absolute atomic E-state index is 13.4. The van der Waals surface area contributed by atoms with E-state index in [9.17, 15) is 17.2 Å². The number of aromatic nitrogens is 1. The molecule has 4 nitrogen and oxygen atoms in total. The van der Waals surface area contributed by atoms with Crippen LogP contribution in [0, 0.1) is 24.0 Å². The Morgan fingerprint density at radius 3 is 2.46 bits per heavy atom. The van der Waals surface area contributed by atoms with Gasteiger partial charge in [-0.25, -0.2) is 8.78 Å². The van der Waals surface area contributed by atoms with E-state index in [0.717, 1.165) is 35.6 Å². The number of benzene rings is 2. The van der Waals surface area contributed by atoms with Crippen LogP contribution in [-0.4, -0.2) is 13.0 Å². The molecular formula is C16H10F2N2O2S2. The maximum Gasteiger partial charge on any atom is 0.285 e. The van der Waals surface area contributed by atoms with E-state index in [1.165, 1.54) is 22.8 Å². The minimum Gasteiger partial charge on any atom is -0.304 e. The molecule has 0 spiro atoms. The van der Waals surface area contributed by atoms with Crippen molar-refractivity contribution in [1.82, 2.24) is 4.57 Å². The molecule has 0 N–H and O–H groups in total. The zero-order valence-corrected chi connectivity index (χ0v) is 13.7. The minimum atomic E-state index is -4.04. The molecule has 1 heterocycles. The van der Waals surface area contributed by atoms with Crippen LogP contribution in [0.2, 0.25) is 0 Å². The first-order valence-corrected chi connectivity index (χ1v) is 8.95. The quantitative estimate of drug-likeness (QED) is 0.671. The molecule has 1 aromatic heterocycles. The molecule has 8 heteroatoms. The molecule has 0 unspecified atom stereocenters. The molecule has 0 amide bonds. The van der Waals surface area contributed by atoms with Crippen molar-refractivity contribution >= 4 is 31.6 Å². The second-order valence-electron chi connectivity index (χ2n) is 4.81. The van der Waals surface area contributed by atoms with E-state index >= 15 is 0 Å². The smallest absolute Gasteiger partial charge is 0.285 e. The molecule has 0 fully saturated rings. The molecule has 3 aromatic rings. The topological polar surface area (TPSA) is 51.4 Å². The highest BCUT2D eigenvalue weighted by atomic mass is 32.2. The first-order valence-electron chi connectivity index (χ1n) is 6.69. The van der Waals surface area contributed by atoms with Crippen LogP contribution in [0.15, 0.2) is 51.8 Å². The number of rotatable bonds is 3. The molecular weight excluding hydrogens is 354 g/mol. The van der Waals surface area contributed by atoms with Gasteiger partial charge in [0.2, 0.25) is 4.80 Å². The Balaban J connectivity index is 2.24. The van der Waals surface area contributed by atoms with Gasteiger partial charge in [0.05, 0.1) is 21.7 Å². The lowest BCUT2D eigenvalue weighted by molar-refractivity contribution is 0.594. The summed E-state index contributed by atoms with van der Waals surface area (Å²) in [5.74, 6) is 1.43. The summed E-state index contributed by atoms with van der Waals surface area (Å²) >= 11 is 1.01. The van der Waals surface area contributed by atoms with Crippen LogP contribution in [-0.2, 0) is 16.6 Å². The second-order valence-corrected chi connectivity index (χ2v) is 7.42. The van der Waals surface area contributed by atoms with E-state index in [1.54, 1.807) is 0 Å². The Morgan fingerprint density at radius 2 is 1.79 bits per heavy atom. The number of hydrogen-bond donors (Lipinski definition) is 0. The minimum absolute atomic E-state index is 0.0867. The SMILES string of the molecule is C#CCn1/c(=N/S(=O)(=O)c2ccc(F)cc2)sc2cc(F)ccc21. The van der Waals surface area contributed by atoms with Crippen molar-refractivity contribution in [3.8, 4) is 12.3 Å². The Kier molecular flexibility index (Phi) is 4.22. The van der Waals surface area contributed by atoms with Crippen molar-refractivity contribution < 1.29 is 17.2 Å². The van der Waals surface area contributed by atoms with Crippen molar-refractivity contribution in [2.45, 2.75) is 11.4 Å². The van der Waals surface area contributed by atoms with Gasteiger partial charge in [-0.15, -0.1) is 10.8 Å². The summed E-state index contributed by atoms with van der Waals surface area (Å²) in [6, 6.07) is 8.41. The van der Waals surface area contributed by atoms with Gasteiger partial charge in [0.25, 0.3) is 10.0 Å². The van der Waals surface area contributed by atoms with Gasteiger partial charge in [-0.1, -0.05) is 17.3 Å². The molecule has 0 aliphatic heterocycles. The first kappa shape index (κ1) is 16.4. The zero-order chi connectivity index (χ0) is 17.3. The Labute approximate surface area is 140 Å². The van der Waals surface area contributed by atoms with Gasteiger partial charge in [0.1, 0.15) is 11.6 Å². The number of thiazole rings is 1. The van der Waals surface area contributed by atoms with Gasteiger partial charge >= 0.3 is 0 Å². The lowest BCUT2D eigenvalue weighted by Crippen LogP contribution is -2.16. The predicted octanol–water partition coefficient (Wildman–Crippen LogP) is 2.90. The van der Waals surface area contributed by atoms with Gasteiger partial charge in [0, 0.05) is 0 Å². The van der Waals surface area contributed by atoms with Crippen molar-refractivity contribution in [1.29, 1.82) is 0 Å². The molecule has 24 heavy (non-hydrogen) atoms. The van der Waals surface area contributed by atoms with E-state index < -0.39 is 21.7 Å². The van der Waals surface area contributed by atoms with Crippen LogP contribution in [0.1, 0.15) is 0 Å². The summed E-state index contributed by atoms with van der Waals surface area (Å²) in [5.41, 5.74) is 0.590. The van der Waals surface area contributed by atoms with E-state index in [4.69, 9.17) is 6.42 Å². The van der Waals surface area contributed by atoms with E-state index in [-0.39, 0.29) is 16.2 Å². The average molecular weight is 364 g/mol. The molecule has 0 radical (unpaired) electrons. The molecule has 0 aliphatic carbocycles. The van der Waals surface area contributed by atoms with E-state index in [0.29, 0.717) is 10.2 Å². The van der Waals surface area contributed by atoms with Crippen LogP contribution < -0.4 is 4.80 Å². The summed E-state index contributed by atoms with van der Waals surface area (Å²) in [4.78, 5) is -0.0160. The Hall–Kier alpha value is -2.50. The highest BCUT2D eigenvalue weighted by Crippen LogP contribution is 2.19. The third kappa shape index (κ3) is 3.09. The van der Waals surface area contributed by atoms with Gasteiger partial charge in [-0.2, -0.15) is 8.42 Å². The summed E-state index contributed by atoms with van der Waals surface area (Å²) < 4.78 is 56.9. The average Bonchev–Trinajstić information content (AvgIpc) is 2.84. The van der Waals surface area contributed by atoms with Gasteiger partial charge in [-0.05, 0) is 42.5 Å². The van der Waals surface area contributed by atoms with Gasteiger partial charge in [0.15, 0.2) is 0 Å². The van der Waals surface area contributed by atoms with Crippen LogP contribution >= 0.6 is 11.3 Å². The molecule has 3 rings (SSSR count). The summed E-state index contributed by atoms with van der Waals surface area (Å²) in [7, 11) is -4.04. The van der Waals surface area contributed by atoms with Crippen molar-refractivity contribution in [3.05, 3.63) is 58.9 Å². The number of terminal acetylenes is 1. The molecule has 0 atom stereocenters. The zero-order valence-electron chi connectivity index (χ0n) is 12.1. The molecule has 0 saturated carbocycles. The fourth-order valence-electron chi connectivity index (χ4n) is 2.12. The van der Waals surface area contributed by atoms with Gasteiger partial charge in [-0.3, -0.25) is 0 Å². The third-order valence-corrected chi connectivity index (χ3v) is 5.64. The van der Waals surface area contributed by atoms with Crippen molar-refractivity contribution in [2.24, 2.45) is 4.40 Å². The Morgan fingerprint density at radius 1 is 1.12 bits per heavy atom. The highest BCUT2D eigenvalue weighted by Gasteiger charge is 2.15. The van der Waals surface area contributed by atoms with Crippen LogP contribution in [0.25, 0.3) is 10.2 Å². The lowest BCUT2D eigenvalue weighted by atomic mass is 10.3. The van der Waals surface area contributed by atoms with Crippen molar-refractivity contribution in [3.63, 3.8) is 0 Å². The summed E-state index contributed by atoms with van der Waals surface area (Å²) in [5, 5.41) is 0. The Bertz CT molecular complexity index is 1120. The summed E-state index contributed by atoms with van der Waals surface area (Å²) in [6.45, 7) is 0.0867. The predicted molar refractivity (Wildman–Crippen MR) is 87.8 cm³/mol. The monoisotopic (exact) mass is 364 g/mol. The maximum atomic E-state index is 13.4. The molecule has 2 aromatic carbocycles. The fourth-order valence-corrected chi connectivity index (χ4v) is 4.38. The number of hydrogen-bond acceptors (Lipinski definition) is 3. The van der Waals surface area contributed by atoms with E-state index in [1.807, 2.05) is 0 Å². The van der Waals surface area contributed by atoms with Crippen LogP contribution in [0.4, 0.5) is 8.78 Å². The standard InChI is InChI=1S/C16H10F2N2O2S2/c1-2-9-20-14-8-5-12(18)10-15(14)23-16(20)19-24(21,22)13-6-3-11(17)4-7-13/h1,3-8,10H,9H2/b19-16-. The highest BCUT2D eigenvalue weighted by molar-refractivity contribution is 7.90. The van der Waals surface area contributed by atoms with Crippen LogP contribution in [0.5, 0.6) is 0 Å². The van der Waals surface area contributed by atoms with Crippen LogP contribution in [0.3, 0.4) is 0 Å². The molecule has 0 bridgehead atoms. The molecule has 0 aliphatic rings. The lowest BCUT2D eigenvalue weighted by Gasteiger charge is -2.01. The second kappa shape index (κ2) is 6.19. The number of sulfonamides is 1. The number of fused-ring (bicyclic) bond motifs is 1. The summed E-state index contributed by atoms with van der Waals surface area (Å²) in [6.07, 6.45) is 5.33. The molecule has 122 valence electrons. The number of halogens is 2. The third-order valence-electron chi connectivity index (χ3n) is 3.20. The number of nitrogens with zero attached hydrogens (tertiary/aromatic N) is 2. The molecule has 0 saturated heterocycles. The largest absolute Gasteiger partial charge is 0.304 e.